The third-order valence-electron chi connectivity index (χ3n) is 4.91. The first kappa shape index (κ1) is 21.4. The van der Waals surface area contributed by atoms with Crippen molar-refractivity contribution < 1.29 is 23.4 Å². The fraction of sp³-hybridized carbons (Fsp3) is 0.125. The second-order valence-corrected chi connectivity index (χ2v) is 8.24. The highest BCUT2D eigenvalue weighted by molar-refractivity contribution is 9.10. The van der Waals surface area contributed by atoms with Crippen LogP contribution in [-0.4, -0.2) is 12.9 Å². The predicted molar refractivity (Wildman–Crippen MR) is 121 cm³/mol. The largest absolute Gasteiger partial charge is 0.496 e. The lowest BCUT2D eigenvalue weighted by molar-refractivity contribution is 0.101. The number of halogens is 3. The Hall–Kier alpha value is -2.83. The van der Waals surface area contributed by atoms with E-state index in [-0.39, 0.29) is 18.1 Å². The molecule has 0 unspecified atom stereocenters. The number of ether oxygens (including phenoxy) is 3. The van der Waals surface area contributed by atoms with E-state index in [1.54, 1.807) is 37.5 Å². The zero-order chi connectivity index (χ0) is 22.1. The van der Waals surface area contributed by atoms with E-state index in [0.29, 0.717) is 44.5 Å². The first-order valence-electron chi connectivity index (χ1n) is 9.35. The van der Waals surface area contributed by atoms with Gasteiger partial charge in [-0.05, 0) is 55.5 Å². The van der Waals surface area contributed by atoms with Crippen LogP contribution in [0.4, 0.5) is 4.39 Å². The number of carbonyl (C=O) groups excluding carboxylic acids is 1. The third-order valence-corrected chi connectivity index (χ3v) is 5.76. The highest BCUT2D eigenvalue weighted by Crippen LogP contribution is 2.40. The van der Waals surface area contributed by atoms with Crippen LogP contribution in [-0.2, 0) is 6.61 Å². The van der Waals surface area contributed by atoms with Gasteiger partial charge in [-0.2, -0.15) is 0 Å². The first-order valence-corrected chi connectivity index (χ1v) is 10.5. The predicted octanol–water partition coefficient (Wildman–Crippen LogP) is 6.75. The molecule has 0 aliphatic carbocycles. The number of ketones is 1. The summed E-state index contributed by atoms with van der Waals surface area (Å²) in [4.78, 5) is 12.9. The second kappa shape index (κ2) is 8.73. The minimum atomic E-state index is -0.407. The topological polar surface area (TPSA) is 44.8 Å². The van der Waals surface area contributed by atoms with Crippen LogP contribution in [0.2, 0.25) is 5.02 Å². The SMILES string of the molecule is COc1ccc(Br)cc1/C=C1\Oc2c(ccc(OCc3ccc(F)cc3Cl)c2C)C1=O. The molecule has 0 bridgehead atoms. The minimum Gasteiger partial charge on any atom is -0.496 e. The Morgan fingerprint density at radius 2 is 1.90 bits per heavy atom. The molecule has 158 valence electrons. The molecule has 0 saturated carbocycles. The Kier molecular flexibility index (Phi) is 6.03. The van der Waals surface area contributed by atoms with E-state index in [1.165, 1.54) is 12.1 Å². The van der Waals surface area contributed by atoms with Crippen LogP contribution in [0.1, 0.15) is 27.0 Å². The molecule has 0 amide bonds. The van der Waals surface area contributed by atoms with Crippen LogP contribution in [0.5, 0.6) is 17.2 Å². The van der Waals surface area contributed by atoms with Crippen molar-refractivity contribution in [2.45, 2.75) is 13.5 Å². The average Bonchev–Trinajstić information content (AvgIpc) is 3.05. The molecule has 0 N–H and O–H groups in total. The molecular formula is C24H17BrClFO4. The number of methoxy groups -OCH3 is 1. The Balaban J connectivity index is 1.60. The van der Waals surface area contributed by atoms with Gasteiger partial charge in [-0.1, -0.05) is 33.6 Å². The van der Waals surface area contributed by atoms with E-state index >= 15 is 0 Å². The summed E-state index contributed by atoms with van der Waals surface area (Å²) in [5.74, 6) is 1.21. The van der Waals surface area contributed by atoms with Gasteiger partial charge in [0.25, 0.3) is 0 Å². The molecule has 3 aromatic rings. The molecule has 0 radical (unpaired) electrons. The van der Waals surface area contributed by atoms with Crippen molar-refractivity contribution in [1.29, 1.82) is 0 Å². The van der Waals surface area contributed by atoms with Crippen LogP contribution in [0.15, 0.2) is 58.8 Å². The van der Waals surface area contributed by atoms with Gasteiger partial charge in [0.2, 0.25) is 5.78 Å². The summed E-state index contributed by atoms with van der Waals surface area (Å²) in [7, 11) is 1.57. The van der Waals surface area contributed by atoms with Crippen LogP contribution < -0.4 is 14.2 Å². The minimum absolute atomic E-state index is 0.157. The van der Waals surface area contributed by atoms with Gasteiger partial charge in [0, 0.05) is 21.2 Å². The summed E-state index contributed by atoms with van der Waals surface area (Å²) in [6.45, 7) is 1.97. The Labute approximate surface area is 192 Å². The molecule has 1 aliphatic rings. The average molecular weight is 504 g/mol. The van der Waals surface area contributed by atoms with Crippen molar-refractivity contribution in [3.05, 3.63) is 91.9 Å². The van der Waals surface area contributed by atoms with Gasteiger partial charge in [0.15, 0.2) is 5.76 Å². The van der Waals surface area contributed by atoms with Crippen LogP contribution in [0.3, 0.4) is 0 Å². The van der Waals surface area contributed by atoms with Crippen molar-refractivity contribution in [2.75, 3.05) is 7.11 Å². The van der Waals surface area contributed by atoms with Crippen molar-refractivity contribution in [2.24, 2.45) is 0 Å². The molecule has 0 aromatic heterocycles. The van der Waals surface area contributed by atoms with E-state index in [9.17, 15) is 9.18 Å². The highest BCUT2D eigenvalue weighted by Gasteiger charge is 2.30. The lowest BCUT2D eigenvalue weighted by Crippen LogP contribution is -1.99. The molecule has 0 spiro atoms. The number of fused-ring (bicyclic) bond motifs is 1. The number of hydrogen-bond acceptors (Lipinski definition) is 4. The molecule has 0 saturated heterocycles. The number of allylic oxidation sites excluding steroid dienone is 1. The van der Waals surface area contributed by atoms with E-state index in [2.05, 4.69) is 15.9 Å². The van der Waals surface area contributed by atoms with Crippen molar-refractivity contribution in [1.82, 2.24) is 0 Å². The molecule has 1 heterocycles. The molecule has 4 rings (SSSR count). The van der Waals surface area contributed by atoms with Gasteiger partial charge in [0.05, 0.1) is 17.7 Å². The standard InChI is InChI=1S/C24H17BrClFO4/c1-13-20(30-12-14-3-5-17(27)11-19(14)26)8-6-18-23(28)22(31-24(13)18)10-15-9-16(25)4-7-21(15)29-2/h3-11H,12H2,1-2H3/b22-10-. The van der Waals surface area contributed by atoms with Gasteiger partial charge in [-0.3, -0.25) is 4.79 Å². The summed E-state index contributed by atoms with van der Waals surface area (Å²) in [5.41, 5.74) is 2.52. The number of carbonyl (C=O) groups is 1. The summed E-state index contributed by atoms with van der Waals surface area (Å²) in [6.07, 6.45) is 1.66. The maximum Gasteiger partial charge on any atom is 0.231 e. The van der Waals surface area contributed by atoms with Gasteiger partial charge >= 0.3 is 0 Å². The Bertz CT molecular complexity index is 1220. The molecule has 31 heavy (non-hydrogen) atoms. The zero-order valence-corrected chi connectivity index (χ0v) is 19.0. The summed E-state index contributed by atoms with van der Waals surface area (Å²) >= 11 is 9.50. The van der Waals surface area contributed by atoms with Gasteiger partial charge < -0.3 is 14.2 Å². The highest BCUT2D eigenvalue weighted by atomic mass is 79.9. The van der Waals surface area contributed by atoms with Crippen molar-refractivity contribution >= 4 is 39.4 Å². The smallest absolute Gasteiger partial charge is 0.231 e. The van der Waals surface area contributed by atoms with E-state index < -0.39 is 5.82 Å². The van der Waals surface area contributed by atoms with E-state index in [4.69, 9.17) is 25.8 Å². The lowest BCUT2D eigenvalue weighted by Gasteiger charge is -2.12. The van der Waals surface area contributed by atoms with E-state index in [1.807, 2.05) is 19.1 Å². The van der Waals surface area contributed by atoms with Gasteiger partial charge in [-0.25, -0.2) is 4.39 Å². The van der Waals surface area contributed by atoms with Crippen molar-refractivity contribution in [3.63, 3.8) is 0 Å². The van der Waals surface area contributed by atoms with Crippen molar-refractivity contribution in [3.8, 4) is 17.2 Å². The normalized spacial score (nSPS) is 13.8. The van der Waals surface area contributed by atoms with E-state index in [0.717, 1.165) is 4.47 Å². The second-order valence-electron chi connectivity index (χ2n) is 6.92. The molecule has 7 heteroatoms. The monoisotopic (exact) mass is 502 g/mol. The summed E-state index contributed by atoms with van der Waals surface area (Å²) < 4.78 is 31.2. The maximum absolute atomic E-state index is 13.2. The molecule has 3 aromatic carbocycles. The summed E-state index contributed by atoms with van der Waals surface area (Å²) in [5, 5.41) is 0.290. The van der Waals surface area contributed by atoms with Crippen LogP contribution in [0, 0.1) is 12.7 Å². The number of rotatable bonds is 5. The fourth-order valence-electron chi connectivity index (χ4n) is 3.28. The maximum atomic E-state index is 13.2. The Morgan fingerprint density at radius 1 is 1.13 bits per heavy atom. The lowest BCUT2D eigenvalue weighted by atomic mass is 10.1. The first-order chi connectivity index (χ1) is 14.9. The van der Waals surface area contributed by atoms with Gasteiger partial charge in [-0.15, -0.1) is 0 Å². The zero-order valence-electron chi connectivity index (χ0n) is 16.7. The number of benzene rings is 3. The van der Waals surface area contributed by atoms with Gasteiger partial charge in [0.1, 0.15) is 29.7 Å². The Morgan fingerprint density at radius 3 is 2.65 bits per heavy atom. The molecule has 0 atom stereocenters. The molecule has 0 fully saturated rings. The molecule has 1 aliphatic heterocycles. The number of hydrogen-bond donors (Lipinski definition) is 0. The molecular weight excluding hydrogens is 487 g/mol. The summed E-state index contributed by atoms with van der Waals surface area (Å²) in [6, 6.07) is 13.0. The molecule has 4 nitrogen and oxygen atoms in total. The van der Waals surface area contributed by atoms with Crippen LogP contribution >= 0.6 is 27.5 Å². The quantitative estimate of drug-likeness (QED) is 0.361. The van der Waals surface area contributed by atoms with Crippen LogP contribution in [0.25, 0.3) is 6.08 Å². The number of Topliss-reactive ketones (excluding diaryl/α,β-unsaturated/α-hetero) is 1. The third kappa shape index (κ3) is 4.31. The fourth-order valence-corrected chi connectivity index (χ4v) is 3.88.